The number of nitrogens with zero attached hydrogens (tertiary/aromatic N) is 1. The normalized spacial score (nSPS) is 13.9. The van der Waals surface area contributed by atoms with Crippen LogP contribution in [0.25, 0.3) is 5.57 Å². The van der Waals surface area contributed by atoms with Gasteiger partial charge in [0.1, 0.15) is 0 Å². The molecule has 1 aromatic carbocycles. The third kappa shape index (κ3) is 1.44. The van der Waals surface area contributed by atoms with Crippen molar-refractivity contribution in [3.05, 3.63) is 30.3 Å². The lowest BCUT2D eigenvalue weighted by Gasteiger charge is -2.10. The molecule has 0 N–H and O–H groups in total. The molecule has 3 heteroatoms. The van der Waals surface area contributed by atoms with E-state index >= 15 is 0 Å². The number of rotatable bonds is 2. The summed E-state index contributed by atoms with van der Waals surface area (Å²) in [5.41, 5.74) is 3.12. The molecule has 1 aromatic rings. The first-order chi connectivity index (χ1) is 6.72. The number of allylic oxidation sites excluding steroid dienone is 1. The molecule has 0 spiro atoms. The van der Waals surface area contributed by atoms with Gasteiger partial charge < -0.3 is 4.90 Å². The van der Waals surface area contributed by atoms with Crippen molar-refractivity contribution in [3.63, 3.8) is 0 Å². The van der Waals surface area contributed by atoms with Gasteiger partial charge in [0.15, 0.2) is 0 Å². The third-order valence-corrected chi connectivity index (χ3v) is 3.31. The molecule has 1 aliphatic heterocycles. The van der Waals surface area contributed by atoms with Gasteiger partial charge in [-0.05, 0) is 24.6 Å². The van der Waals surface area contributed by atoms with Crippen molar-refractivity contribution in [2.75, 3.05) is 10.8 Å². The van der Waals surface area contributed by atoms with Crippen LogP contribution in [-0.4, -0.2) is 12.3 Å². The number of amides is 1. The Bertz CT molecular complexity index is 400. The Kier molecular flexibility index (Phi) is 2.33. The molecule has 72 valence electrons. The Morgan fingerprint density at radius 1 is 1.64 bits per heavy atom. The minimum Gasteiger partial charge on any atom is -0.304 e. The number of anilines is 1. The van der Waals surface area contributed by atoms with Gasteiger partial charge in [0, 0.05) is 4.90 Å². The first kappa shape index (κ1) is 9.34. The largest absolute Gasteiger partial charge is 0.304 e. The van der Waals surface area contributed by atoms with Gasteiger partial charge in [0.25, 0.3) is 0 Å². The SMILES string of the molecule is C=C(C)c1ccc2c(c1)N(C=O)CS2. The highest BCUT2D eigenvalue weighted by Gasteiger charge is 2.19. The van der Waals surface area contributed by atoms with Gasteiger partial charge in [-0.3, -0.25) is 4.79 Å². The summed E-state index contributed by atoms with van der Waals surface area (Å²) in [7, 11) is 0. The van der Waals surface area contributed by atoms with Crippen LogP contribution in [0.15, 0.2) is 29.7 Å². The number of thioether (sulfide) groups is 1. The lowest BCUT2D eigenvalue weighted by atomic mass is 10.1. The summed E-state index contributed by atoms with van der Waals surface area (Å²) in [6.07, 6.45) is 0.876. The number of hydrogen-bond acceptors (Lipinski definition) is 2. The molecule has 0 unspecified atom stereocenters. The molecule has 0 aromatic heterocycles. The first-order valence-electron chi connectivity index (χ1n) is 4.37. The summed E-state index contributed by atoms with van der Waals surface area (Å²) in [5, 5.41) is 0. The smallest absolute Gasteiger partial charge is 0.214 e. The van der Waals surface area contributed by atoms with Gasteiger partial charge in [-0.2, -0.15) is 0 Å². The van der Waals surface area contributed by atoms with Crippen LogP contribution in [0.3, 0.4) is 0 Å². The second kappa shape index (κ2) is 3.50. The van der Waals surface area contributed by atoms with E-state index < -0.39 is 0 Å². The van der Waals surface area contributed by atoms with Crippen molar-refractivity contribution >= 4 is 29.4 Å². The molecule has 0 radical (unpaired) electrons. The Labute approximate surface area is 87.6 Å². The van der Waals surface area contributed by atoms with Crippen LogP contribution in [0.1, 0.15) is 12.5 Å². The lowest BCUT2D eigenvalue weighted by Crippen LogP contribution is -2.15. The second-order valence-corrected chi connectivity index (χ2v) is 4.30. The van der Waals surface area contributed by atoms with Crippen molar-refractivity contribution in [2.24, 2.45) is 0 Å². The van der Waals surface area contributed by atoms with Crippen LogP contribution in [0, 0.1) is 0 Å². The van der Waals surface area contributed by atoms with E-state index in [9.17, 15) is 4.79 Å². The van der Waals surface area contributed by atoms with Crippen molar-refractivity contribution in [3.8, 4) is 0 Å². The topological polar surface area (TPSA) is 20.3 Å². The minimum absolute atomic E-state index is 0.721. The predicted molar refractivity (Wildman–Crippen MR) is 60.4 cm³/mol. The lowest BCUT2D eigenvalue weighted by molar-refractivity contribution is -0.107. The summed E-state index contributed by atoms with van der Waals surface area (Å²) in [6.45, 7) is 5.86. The van der Waals surface area contributed by atoms with E-state index in [0.717, 1.165) is 29.1 Å². The van der Waals surface area contributed by atoms with E-state index in [-0.39, 0.29) is 0 Å². The molecule has 1 aliphatic rings. The van der Waals surface area contributed by atoms with E-state index in [2.05, 4.69) is 6.58 Å². The first-order valence-corrected chi connectivity index (χ1v) is 5.35. The van der Waals surface area contributed by atoms with Crippen LogP contribution in [0.5, 0.6) is 0 Å². The number of fused-ring (bicyclic) bond motifs is 1. The van der Waals surface area contributed by atoms with E-state index in [1.165, 1.54) is 4.90 Å². The van der Waals surface area contributed by atoms with E-state index in [1.54, 1.807) is 16.7 Å². The number of carbonyl (C=O) groups is 1. The molecular weight excluding hydrogens is 194 g/mol. The highest BCUT2D eigenvalue weighted by atomic mass is 32.2. The average Bonchev–Trinajstić information content (AvgIpc) is 2.59. The molecule has 14 heavy (non-hydrogen) atoms. The molecule has 1 amide bonds. The summed E-state index contributed by atoms with van der Waals surface area (Å²) in [6, 6.07) is 6.11. The summed E-state index contributed by atoms with van der Waals surface area (Å²) in [4.78, 5) is 13.6. The molecule has 0 saturated heterocycles. The second-order valence-electron chi connectivity index (χ2n) is 3.31. The quantitative estimate of drug-likeness (QED) is 0.692. The molecule has 0 fully saturated rings. The van der Waals surface area contributed by atoms with Gasteiger partial charge in [-0.1, -0.05) is 18.2 Å². The van der Waals surface area contributed by atoms with Crippen molar-refractivity contribution < 1.29 is 4.79 Å². The van der Waals surface area contributed by atoms with Crippen LogP contribution in [0.2, 0.25) is 0 Å². The Hall–Kier alpha value is -1.22. The summed E-state index contributed by atoms with van der Waals surface area (Å²) in [5.74, 6) is 0.721. The number of benzene rings is 1. The van der Waals surface area contributed by atoms with Gasteiger partial charge >= 0.3 is 0 Å². The van der Waals surface area contributed by atoms with Gasteiger partial charge in [0.05, 0.1) is 11.6 Å². The van der Waals surface area contributed by atoms with Gasteiger partial charge in [0.2, 0.25) is 6.41 Å². The monoisotopic (exact) mass is 205 g/mol. The zero-order valence-electron chi connectivity index (χ0n) is 7.99. The van der Waals surface area contributed by atoms with Crippen molar-refractivity contribution in [2.45, 2.75) is 11.8 Å². The third-order valence-electron chi connectivity index (χ3n) is 2.25. The zero-order valence-corrected chi connectivity index (χ0v) is 8.80. The molecule has 2 rings (SSSR count). The van der Waals surface area contributed by atoms with E-state index in [0.29, 0.717) is 0 Å². The molecule has 2 nitrogen and oxygen atoms in total. The van der Waals surface area contributed by atoms with Crippen molar-refractivity contribution in [1.29, 1.82) is 0 Å². The molecule has 0 saturated carbocycles. The molecule has 0 aliphatic carbocycles. The number of hydrogen-bond donors (Lipinski definition) is 0. The van der Waals surface area contributed by atoms with Gasteiger partial charge in [-0.15, -0.1) is 11.8 Å². The van der Waals surface area contributed by atoms with Crippen LogP contribution in [-0.2, 0) is 4.79 Å². The van der Waals surface area contributed by atoms with Crippen LogP contribution >= 0.6 is 11.8 Å². The van der Waals surface area contributed by atoms with Crippen LogP contribution in [0.4, 0.5) is 5.69 Å². The highest BCUT2D eigenvalue weighted by molar-refractivity contribution is 8.00. The fraction of sp³-hybridized carbons (Fsp3) is 0.182. The fourth-order valence-corrected chi connectivity index (χ4v) is 2.39. The highest BCUT2D eigenvalue weighted by Crippen LogP contribution is 2.38. The maximum Gasteiger partial charge on any atom is 0.214 e. The predicted octanol–water partition coefficient (Wildman–Crippen LogP) is 2.75. The van der Waals surface area contributed by atoms with Crippen LogP contribution < -0.4 is 4.90 Å². The Balaban J connectivity index is 2.47. The maximum absolute atomic E-state index is 10.7. The molecule has 0 bridgehead atoms. The standard InChI is InChI=1S/C11H11NOS/c1-8(2)9-3-4-11-10(5-9)12(6-13)7-14-11/h3-6H,1,7H2,2H3. The Morgan fingerprint density at radius 2 is 2.43 bits per heavy atom. The van der Waals surface area contributed by atoms with E-state index in [1.807, 2.05) is 25.1 Å². The summed E-state index contributed by atoms with van der Waals surface area (Å²) < 4.78 is 0. The Morgan fingerprint density at radius 3 is 3.07 bits per heavy atom. The van der Waals surface area contributed by atoms with E-state index in [4.69, 9.17) is 0 Å². The summed E-state index contributed by atoms with van der Waals surface area (Å²) >= 11 is 1.69. The molecule has 0 atom stereocenters. The number of carbonyl (C=O) groups excluding carboxylic acids is 1. The average molecular weight is 205 g/mol. The minimum atomic E-state index is 0.721. The zero-order chi connectivity index (χ0) is 10.1. The molecular formula is C11H11NOS. The fourth-order valence-electron chi connectivity index (χ4n) is 1.43. The molecule has 1 heterocycles. The maximum atomic E-state index is 10.7. The van der Waals surface area contributed by atoms with Crippen molar-refractivity contribution in [1.82, 2.24) is 0 Å². The van der Waals surface area contributed by atoms with Gasteiger partial charge in [-0.25, -0.2) is 0 Å².